The summed E-state index contributed by atoms with van der Waals surface area (Å²) in [6, 6.07) is -0.217. The molecule has 0 saturated heterocycles. The molecule has 2 N–H and O–H groups in total. The van der Waals surface area contributed by atoms with E-state index in [1.807, 2.05) is 20.8 Å². The summed E-state index contributed by atoms with van der Waals surface area (Å²) >= 11 is 0. The number of rotatable bonds is 9. The largest absolute Gasteiger partial charge is 0.481 e. The highest BCUT2D eigenvalue weighted by Gasteiger charge is 2.47. The summed E-state index contributed by atoms with van der Waals surface area (Å²) in [7, 11) is 0. The van der Waals surface area contributed by atoms with Crippen LogP contribution in [0.2, 0.25) is 0 Å². The predicted octanol–water partition coefficient (Wildman–Crippen LogP) is 4.45. The molecule has 0 radical (unpaired) electrons. The predicted molar refractivity (Wildman–Crippen MR) is 110 cm³/mol. The summed E-state index contributed by atoms with van der Waals surface area (Å²) in [4.78, 5) is 29.9. The number of nitrogens with one attached hydrogen (secondary N) is 1. The molecule has 0 amide bonds. The van der Waals surface area contributed by atoms with Crippen molar-refractivity contribution in [2.45, 2.75) is 91.2 Å². The van der Waals surface area contributed by atoms with E-state index in [-0.39, 0.29) is 30.8 Å². The molecule has 3 rings (SSSR count). The number of aliphatic carboxylic acids is 1. The van der Waals surface area contributed by atoms with Crippen LogP contribution in [0.4, 0.5) is 0 Å². The number of carbonyl (C=O) groups is 2. The Morgan fingerprint density at radius 2 is 1.83 bits per heavy atom. The van der Waals surface area contributed by atoms with E-state index in [4.69, 9.17) is 9.57 Å². The number of hydrogen-bond acceptors (Lipinski definition) is 5. The molecule has 164 valence electrons. The molecule has 1 heterocycles. The first-order valence-electron chi connectivity index (χ1n) is 11.1. The third-order valence-electron chi connectivity index (χ3n) is 6.10. The SMILES string of the molecule is CC(C)CC1CC(C2=C(C3CC3)C(C(CC(=O)O)CC(=O)OC(C)(C)C)NO2)C1. The molecule has 0 spiro atoms. The molecule has 2 aliphatic carbocycles. The summed E-state index contributed by atoms with van der Waals surface area (Å²) < 4.78 is 5.46. The van der Waals surface area contributed by atoms with Gasteiger partial charge in [-0.2, -0.15) is 0 Å². The third-order valence-corrected chi connectivity index (χ3v) is 6.10. The van der Waals surface area contributed by atoms with Gasteiger partial charge in [0, 0.05) is 11.8 Å². The first-order chi connectivity index (χ1) is 13.5. The molecule has 2 atom stereocenters. The maximum absolute atomic E-state index is 12.4. The van der Waals surface area contributed by atoms with Gasteiger partial charge in [-0.25, -0.2) is 0 Å². The minimum absolute atomic E-state index is 0.0781. The summed E-state index contributed by atoms with van der Waals surface area (Å²) in [6.45, 7) is 10.0. The van der Waals surface area contributed by atoms with Crippen LogP contribution < -0.4 is 5.48 Å². The summed E-state index contributed by atoms with van der Waals surface area (Å²) in [5.41, 5.74) is 3.76. The molecule has 1 aliphatic heterocycles. The van der Waals surface area contributed by atoms with Gasteiger partial charge in [0.1, 0.15) is 11.4 Å². The Balaban J connectivity index is 1.73. The first-order valence-corrected chi connectivity index (χ1v) is 11.1. The molecule has 2 unspecified atom stereocenters. The van der Waals surface area contributed by atoms with Crippen LogP contribution in [0.3, 0.4) is 0 Å². The Morgan fingerprint density at radius 3 is 2.34 bits per heavy atom. The minimum atomic E-state index is -0.899. The molecule has 29 heavy (non-hydrogen) atoms. The van der Waals surface area contributed by atoms with Gasteiger partial charge in [0.05, 0.1) is 18.9 Å². The van der Waals surface area contributed by atoms with Gasteiger partial charge >= 0.3 is 11.9 Å². The zero-order chi connectivity index (χ0) is 21.3. The third kappa shape index (κ3) is 5.97. The second-order valence-electron chi connectivity index (χ2n) is 10.6. The monoisotopic (exact) mass is 407 g/mol. The van der Waals surface area contributed by atoms with Gasteiger partial charge in [0.25, 0.3) is 0 Å². The van der Waals surface area contributed by atoms with E-state index < -0.39 is 11.6 Å². The normalized spacial score (nSPS) is 28.1. The lowest BCUT2D eigenvalue weighted by atomic mass is 9.69. The Morgan fingerprint density at radius 1 is 1.17 bits per heavy atom. The van der Waals surface area contributed by atoms with E-state index in [9.17, 15) is 14.7 Å². The number of hydrogen-bond donors (Lipinski definition) is 2. The van der Waals surface area contributed by atoms with Gasteiger partial charge < -0.3 is 14.7 Å². The highest BCUT2D eigenvalue weighted by atomic mass is 16.7. The van der Waals surface area contributed by atoms with E-state index in [1.165, 1.54) is 12.0 Å². The van der Waals surface area contributed by atoms with E-state index >= 15 is 0 Å². The summed E-state index contributed by atoms with van der Waals surface area (Å²) in [5.74, 6) is 1.77. The van der Waals surface area contributed by atoms with Crippen LogP contribution in [-0.2, 0) is 19.2 Å². The Kier molecular flexibility index (Phi) is 6.61. The fourth-order valence-electron chi connectivity index (χ4n) is 4.86. The van der Waals surface area contributed by atoms with Gasteiger partial charge in [-0.3, -0.25) is 9.59 Å². The van der Waals surface area contributed by atoms with Crippen LogP contribution in [0.5, 0.6) is 0 Å². The van der Waals surface area contributed by atoms with Crippen molar-refractivity contribution >= 4 is 11.9 Å². The highest BCUT2D eigenvalue weighted by Crippen LogP contribution is 2.51. The van der Waals surface area contributed by atoms with E-state index in [2.05, 4.69) is 19.3 Å². The fraction of sp³-hybridized carbons (Fsp3) is 0.826. The minimum Gasteiger partial charge on any atom is -0.481 e. The zero-order valence-electron chi connectivity index (χ0n) is 18.5. The maximum atomic E-state index is 12.4. The van der Waals surface area contributed by atoms with E-state index in [1.54, 1.807) is 0 Å². The molecule has 3 aliphatic rings. The van der Waals surface area contributed by atoms with Crippen LogP contribution in [0.25, 0.3) is 0 Å². The fourth-order valence-corrected chi connectivity index (χ4v) is 4.86. The standard InChI is InChI=1S/C23H37NO5/c1-13(2)8-14-9-17(10-14)22-20(15-6-7-15)21(24-29-22)16(11-18(25)26)12-19(27)28-23(3,4)5/h13-17,21,24H,6-12H2,1-5H3,(H,25,26). The van der Waals surface area contributed by atoms with Gasteiger partial charge in [-0.05, 0) is 76.2 Å². The van der Waals surface area contributed by atoms with Crippen molar-refractivity contribution in [1.82, 2.24) is 5.48 Å². The van der Waals surface area contributed by atoms with E-state index in [0.29, 0.717) is 17.8 Å². The van der Waals surface area contributed by atoms with Crippen LogP contribution in [0, 0.1) is 29.6 Å². The van der Waals surface area contributed by atoms with Crippen LogP contribution >= 0.6 is 0 Å². The van der Waals surface area contributed by atoms with Gasteiger partial charge in [0.15, 0.2) is 0 Å². The van der Waals surface area contributed by atoms with Crippen molar-refractivity contribution < 1.29 is 24.3 Å². The lowest BCUT2D eigenvalue weighted by Crippen LogP contribution is -2.37. The van der Waals surface area contributed by atoms with Crippen molar-refractivity contribution in [3.63, 3.8) is 0 Å². The molecule has 2 saturated carbocycles. The van der Waals surface area contributed by atoms with Crippen molar-refractivity contribution in [3.8, 4) is 0 Å². The number of carbonyl (C=O) groups excluding carboxylic acids is 1. The van der Waals surface area contributed by atoms with Gasteiger partial charge in [0.2, 0.25) is 0 Å². The van der Waals surface area contributed by atoms with E-state index in [0.717, 1.165) is 37.4 Å². The first kappa shape index (κ1) is 22.1. The van der Waals surface area contributed by atoms with Crippen LogP contribution in [0.15, 0.2) is 11.3 Å². The Labute approximate surface area is 174 Å². The molecule has 0 aromatic rings. The highest BCUT2D eigenvalue weighted by molar-refractivity contribution is 5.73. The maximum Gasteiger partial charge on any atom is 0.306 e. The smallest absolute Gasteiger partial charge is 0.306 e. The molecular weight excluding hydrogens is 370 g/mol. The number of ether oxygens (including phenoxy) is 1. The molecule has 0 aromatic heterocycles. The Hall–Kier alpha value is -1.56. The lowest BCUT2D eigenvalue weighted by molar-refractivity contribution is -0.156. The average Bonchev–Trinajstić information content (AvgIpc) is 3.26. The quantitative estimate of drug-likeness (QED) is 0.549. The summed E-state index contributed by atoms with van der Waals surface area (Å²) in [6.07, 6.45) is 5.78. The number of carboxylic acids is 1. The van der Waals surface area contributed by atoms with Crippen molar-refractivity contribution in [3.05, 3.63) is 11.3 Å². The summed E-state index contributed by atoms with van der Waals surface area (Å²) in [5, 5.41) is 9.44. The number of hydroxylamine groups is 1. The van der Waals surface area contributed by atoms with Crippen molar-refractivity contribution in [1.29, 1.82) is 0 Å². The second kappa shape index (κ2) is 8.66. The molecular formula is C23H37NO5. The topological polar surface area (TPSA) is 84.9 Å². The van der Waals surface area contributed by atoms with Gasteiger partial charge in [-0.15, -0.1) is 5.48 Å². The molecule has 0 bridgehead atoms. The van der Waals surface area contributed by atoms with Crippen LogP contribution in [-0.4, -0.2) is 28.7 Å². The number of carboxylic acid groups (broad SMARTS) is 1. The number of esters is 1. The molecule has 0 aromatic carbocycles. The molecule has 2 fully saturated rings. The van der Waals surface area contributed by atoms with Gasteiger partial charge in [-0.1, -0.05) is 13.8 Å². The molecule has 6 heteroatoms. The van der Waals surface area contributed by atoms with Crippen molar-refractivity contribution in [2.75, 3.05) is 0 Å². The zero-order valence-corrected chi connectivity index (χ0v) is 18.5. The number of allylic oxidation sites excluding steroid dienone is 1. The van der Waals surface area contributed by atoms with Crippen molar-refractivity contribution in [2.24, 2.45) is 29.6 Å². The Bertz CT molecular complexity index is 653. The second-order valence-corrected chi connectivity index (χ2v) is 10.6. The lowest BCUT2D eigenvalue weighted by Gasteiger charge is -2.36. The van der Waals surface area contributed by atoms with Crippen LogP contribution in [0.1, 0.15) is 79.6 Å². The molecule has 6 nitrogen and oxygen atoms in total. The average molecular weight is 408 g/mol.